The van der Waals surface area contributed by atoms with Crippen molar-refractivity contribution in [1.82, 2.24) is 14.8 Å². The van der Waals surface area contributed by atoms with Gasteiger partial charge in [0.05, 0.1) is 0 Å². The van der Waals surface area contributed by atoms with E-state index in [1.165, 1.54) is 28.9 Å². The topological polar surface area (TPSA) is 54.3 Å². The van der Waals surface area contributed by atoms with E-state index >= 15 is 0 Å². The minimum absolute atomic E-state index is 0.119. The fourth-order valence-electron chi connectivity index (χ4n) is 4.74. The number of carbonyl (C=O) groups excluding carboxylic acids is 2. The zero-order chi connectivity index (χ0) is 23.5. The molecule has 1 N–H and O–H groups in total. The quantitative estimate of drug-likeness (QED) is 0.233. The first-order valence-electron chi connectivity index (χ1n) is 11.8. The van der Waals surface area contributed by atoms with E-state index in [0.29, 0.717) is 13.1 Å². The van der Waals surface area contributed by atoms with Crippen LogP contribution in [0.4, 0.5) is 0 Å². The third-order valence-electron chi connectivity index (χ3n) is 6.54. The molecule has 5 nitrogen and oxygen atoms in total. The van der Waals surface area contributed by atoms with Crippen molar-refractivity contribution in [3.05, 3.63) is 89.1 Å². The molecule has 1 aromatic heterocycles. The molecule has 34 heavy (non-hydrogen) atoms. The molecule has 0 radical (unpaired) electrons. The Morgan fingerprint density at radius 2 is 1.79 bits per heavy atom. The van der Waals surface area contributed by atoms with Gasteiger partial charge in [-0.3, -0.25) is 19.8 Å². The van der Waals surface area contributed by atoms with Crippen molar-refractivity contribution in [3.63, 3.8) is 0 Å². The van der Waals surface area contributed by atoms with Crippen molar-refractivity contribution in [2.75, 3.05) is 6.54 Å². The predicted molar refractivity (Wildman–Crippen MR) is 139 cm³/mol. The van der Waals surface area contributed by atoms with Gasteiger partial charge >= 0.3 is 0 Å². The molecule has 0 unspecified atom stereocenters. The average molecular weight is 470 g/mol. The van der Waals surface area contributed by atoms with Crippen LogP contribution >= 0.6 is 12.2 Å². The van der Waals surface area contributed by atoms with Gasteiger partial charge in [-0.15, -0.1) is 0 Å². The summed E-state index contributed by atoms with van der Waals surface area (Å²) in [5.74, 6) is -0.770. The monoisotopic (exact) mass is 469 g/mol. The third kappa shape index (κ3) is 4.59. The normalized spacial score (nSPS) is 17.9. The molecule has 0 atom stereocenters. The van der Waals surface area contributed by atoms with Gasteiger partial charge in [0.2, 0.25) is 0 Å². The first-order chi connectivity index (χ1) is 16.6. The zero-order valence-electron chi connectivity index (χ0n) is 19.0. The number of fused-ring (bicyclic) bond motifs is 1. The van der Waals surface area contributed by atoms with Gasteiger partial charge in [-0.2, -0.15) is 0 Å². The minimum atomic E-state index is -0.442. The lowest BCUT2D eigenvalue weighted by atomic mass is 9.97. The lowest BCUT2D eigenvalue weighted by Gasteiger charge is -2.29. The number of hydrogen-bond donors (Lipinski definition) is 1. The Hall–Kier alpha value is -3.51. The van der Waals surface area contributed by atoms with E-state index in [4.69, 9.17) is 12.2 Å². The van der Waals surface area contributed by atoms with Gasteiger partial charge < -0.3 is 4.57 Å². The highest BCUT2D eigenvalue weighted by Gasteiger charge is 2.33. The summed E-state index contributed by atoms with van der Waals surface area (Å²) in [7, 11) is 0. The number of allylic oxidation sites excluding steroid dienone is 1. The molecule has 2 aliphatic rings. The Labute approximate surface area is 204 Å². The van der Waals surface area contributed by atoms with E-state index in [0.717, 1.165) is 35.7 Å². The minimum Gasteiger partial charge on any atom is -0.342 e. The second-order valence-corrected chi connectivity index (χ2v) is 9.23. The van der Waals surface area contributed by atoms with E-state index in [-0.39, 0.29) is 16.6 Å². The maximum Gasteiger partial charge on any atom is 0.265 e. The molecular formula is C28H27N3O2S. The Balaban J connectivity index is 1.45. The van der Waals surface area contributed by atoms with E-state index < -0.39 is 5.91 Å². The van der Waals surface area contributed by atoms with E-state index in [2.05, 4.69) is 34.2 Å². The molecular weight excluding hydrogens is 442 g/mol. The number of thiocarbonyl (C=S) groups is 1. The first-order valence-corrected chi connectivity index (χ1v) is 12.2. The smallest absolute Gasteiger partial charge is 0.265 e. The molecule has 2 amide bonds. The maximum absolute atomic E-state index is 13.3. The highest BCUT2D eigenvalue weighted by Crippen LogP contribution is 2.26. The van der Waals surface area contributed by atoms with Crippen molar-refractivity contribution in [1.29, 1.82) is 0 Å². The van der Waals surface area contributed by atoms with Crippen LogP contribution in [-0.4, -0.2) is 32.9 Å². The average Bonchev–Trinajstić information content (AvgIpc) is 3.20. The van der Waals surface area contributed by atoms with E-state index in [1.54, 1.807) is 6.08 Å². The van der Waals surface area contributed by atoms with Crippen LogP contribution in [0.3, 0.4) is 0 Å². The predicted octanol–water partition coefficient (Wildman–Crippen LogP) is 5.21. The van der Waals surface area contributed by atoms with Gasteiger partial charge in [0.1, 0.15) is 5.57 Å². The number of aromatic nitrogens is 1. The molecule has 0 saturated carbocycles. The van der Waals surface area contributed by atoms with Crippen LogP contribution in [0.1, 0.15) is 43.2 Å². The Morgan fingerprint density at radius 1 is 1.00 bits per heavy atom. The van der Waals surface area contributed by atoms with Crippen molar-refractivity contribution < 1.29 is 9.59 Å². The van der Waals surface area contributed by atoms with Crippen LogP contribution in [0.25, 0.3) is 17.0 Å². The van der Waals surface area contributed by atoms with Gasteiger partial charge in [-0.05, 0) is 62.0 Å². The summed E-state index contributed by atoms with van der Waals surface area (Å²) in [6.45, 7) is 1.19. The fraction of sp³-hybridized carbons (Fsp3) is 0.250. The molecule has 1 aliphatic heterocycles. The lowest BCUT2D eigenvalue weighted by Crippen LogP contribution is -2.54. The molecule has 2 heterocycles. The van der Waals surface area contributed by atoms with Crippen LogP contribution in [0.5, 0.6) is 0 Å². The van der Waals surface area contributed by atoms with Crippen molar-refractivity contribution in [2.45, 2.75) is 38.6 Å². The number of para-hydroxylation sites is 1. The number of amides is 2. The van der Waals surface area contributed by atoms with Crippen LogP contribution in [0.2, 0.25) is 0 Å². The molecule has 0 spiro atoms. The summed E-state index contributed by atoms with van der Waals surface area (Å²) < 4.78 is 2.15. The van der Waals surface area contributed by atoms with Gasteiger partial charge in [-0.25, -0.2) is 0 Å². The Morgan fingerprint density at radius 3 is 2.59 bits per heavy atom. The van der Waals surface area contributed by atoms with Crippen LogP contribution < -0.4 is 5.32 Å². The number of rotatable bonds is 6. The van der Waals surface area contributed by atoms with Crippen LogP contribution in [-0.2, 0) is 16.1 Å². The molecule has 3 aromatic rings. The largest absolute Gasteiger partial charge is 0.342 e. The number of nitrogens with one attached hydrogen (secondary N) is 1. The first kappa shape index (κ1) is 22.3. The Bertz CT molecular complexity index is 1320. The third-order valence-corrected chi connectivity index (χ3v) is 6.86. The van der Waals surface area contributed by atoms with E-state index in [1.807, 2.05) is 42.6 Å². The summed E-state index contributed by atoms with van der Waals surface area (Å²) in [4.78, 5) is 27.6. The maximum atomic E-state index is 13.3. The molecule has 172 valence electrons. The molecule has 5 rings (SSSR count). The SMILES string of the molecule is O=C1NC(=S)N(CCC2=CCCCC2)C(=O)C1=Cc1cn(Cc2ccccc2)c2ccccc12. The molecule has 0 bridgehead atoms. The summed E-state index contributed by atoms with van der Waals surface area (Å²) >= 11 is 5.34. The van der Waals surface area contributed by atoms with Gasteiger partial charge in [0, 0.05) is 35.8 Å². The fourth-order valence-corrected chi connectivity index (χ4v) is 5.01. The lowest BCUT2D eigenvalue weighted by molar-refractivity contribution is -0.128. The van der Waals surface area contributed by atoms with Crippen molar-refractivity contribution in [3.8, 4) is 0 Å². The highest BCUT2D eigenvalue weighted by atomic mass is 32.1. The number of benzene rings is 2. The molecule has 1 saturated heterocycles. The van der Waals surface area contributed by atoms with Crippen molar-refractivity contribution in [2.24, 2.45) is 0 Å². The molecule has 1 aliphatic carbocycles. The summed E-state index contributed by atoms with van der Waals surface area (Å²) in [6.07, 6.45) is 11.4. The Kier molecular flexibility index (Phi) is 6.41. The standard InChI is InChI=1S/C28H27N3O2S/c32-26-24(27(33)31(28(34)29-26)16-15-20-9-3-1-4-10-20)17-22-19-30(18-21-11-5-2-6-12-21)25-14-8-7-13-23(22)25/h2,5-9,11-14,17,19H,1,3-4,10,15-16,18H2,(H,29,32,34). The molecule has 6 heteroatoms. The second-order valence-electron chi connectivity index (χ2n) is 8.85. The molecule has 2 aromatic carbocycles. The highest BCUT2D eigenvalue weighted by molar-refractivity contribution is 7.80. The number of nitrogens with zero attached hydrogens (tertiary/aromatic N) is 2. The van der Waals surface area contributed by atoms with Crippen molar-refractivity contribution >= 4 is 46.1 Å². The van der Waals surface area contributed by atoms with Gasteiger partial charge in [0.25, 0.3) is 11.8 Å². The zero-order valence-corrected chi connectivity index (χ0v) is 19.8. The van der Waals surface area contributed by atoms with E-state index in [9.17, 15) is 9.59 Å². The van der Waals surface area contributed by atoms with Gasteiger partial charge in [0.15, 0.2) is 5.11 Å². The molecule has 1 fully saturated rings. The summed E-state index contributed by atoms with van der Waals surface area (Å²) in [5, 5.41) is 3.90. The number of carbonyl (C=O) groups is 2. The summed E-state index contributed by atoms with van der Waals surface area (Å²) in [5.41, 5.74) is 4.57. The van der Waals surface area contributed by atoms with Gasteiger partial charge in [-0.1, -0.05) is 60.2 Å². The number of hydrogen-bond acceptors (Lipinski definition) is 3. The van der Waals surface area contributed by atoms with Crippen LogP contribution in [0, 0.1) is 0 Å². The second kappa shape index (κ2) is 9.77. The van der Waals surface area contributed by atoms with Crippen LogP contribution in [0.15, 0.2) is 78.0 Å². The summed E-state index contributed by atoms with van der Waals surface area (Å²) in [6, 6.07) is 18.3.